The van der Waals surface area contributed by atoms with Crippen LogP contribution in [0.3, 0.4) is 0 Å². The van der Waals surface area contributed by atoms with Crippen LogP contribution in [0.2, 0.25) is 0 Å². The van der Waals surface area contributed by atoms with E-state index in [2.05, 4.69) is 5.32 Å². The molecule has 0 rings (SSSR count). The molecule has 0 spiro atoms. The van der Waals surface area contributed by atoms with Gasteiger partial charge >= 0.3 is 0 Å². The van der Waals surface area contributed by atoms with Gasteiger partial charge in [-0.15, -0.1) is 0 Å². The number of rotatable bonds is 5. The molecule has 0 aromatic heterocycles. The lowest BCUT2D eigenvalue weighted by Gasteiger charge is -2.16. The van der Waals surface area contributed by atoms with Gasteiger partial charge in [0.2, 0.25) is 5.91 Å². The number of nitrogens with one attached hydrogen (secondary N) is 1. The second kappa shape index (κ2) is 5.97. The fourth-order valence-electron chi connectivity index (χ4n) is 0.865. The number of carbonyl (C=O) groups is 1. The van der Waals surface area contributed by atoms with E-state index < -0.39 is 0 Å². The Bertz CT molecular complexity index is 135. The molecule has 0 heterocycles. The van der Waals surface area contributed by atoms with E-state index in [0.29, 0.717) is 6.54 Å². The van der Waals surface area contributed by atoms with Gasteiger partial charge < -0.3 is 16.2 Å². The number of amides is 1. The molecule has 0 aromatic carbocycles. The summed E-state index contributed by atoms with van der Waals surface area (Å²) >= 11 is 0. The van der Waals surface area contributed by atoms with Gasteiger partial charge in [-0.1, -0.05) is 6.92 Å². The van der Waals surface area contributed by atoms with Gasteiger partial charge in [-0.2, -0.15) is 0 Å². The fraction of sp³-hybridized carbons (Fsp3) is 0.875. The van der Waals surface area contributed by atoms with Gasteiger partial charge in [0.05, 0.1) is 6.61 Å². The molecule has 0 aliphatic heterocycles. The smallest absolute Gasteiger partial charge is 0.224 e. The van der Waals surface area contributed by atoms with Crippen molar-refractivity contribution in [2.75, 3.05) is 13.2 Å². The van der Waals surface area contributed by atoms with Crippen molar-refractivity contribution < 1.29 is 9.90 Å². The Morgan fingerprint density at radius 1 is 1.67 bits per heavy atom. The normalized spacial score (nSPS) is 15.3. The third-order valence-electron chi connectivity index (χ3n) is 1.81. The maximum Gasteiger partial charge on any atom is 0.224 e. The molecule has 0 saturated carbocycles. The van der Waals surface area contributed by atoms with Crippen molar-refractivity contribution in [3.63, 3.8) is 0 Å². The number of hydrogen-bond donors (Lipinski definition) is 3. The van der Waals surface area contributed by atoms with Crippen molar-refractivity contribution in [1.82, 2.24) is 5.32 Å². The Kier molecular flexibility index (Phi) is 5.66. The molecule has 2 atom stereocenters. The van der Waals surface area contributed by atoms with Crippen LogP contribution < -0.4 is 11.1 Å². The van der Waals surface area contributed by atoms with E-state index in [-0.39, 0.29) is 24.5 Å². The highest BCUT2D eigenvalue weighted by Crippen LogP contribution is 1.99. The van der Waals surface area contributed by atoms with Gasteiger partial charge in [-0.25, -0.2) is 0 Å². The average Bonchev–Trinajstić information content (AvgIpc) is 2.06. The van der Waals surface area contributed by atoms with Crippen LogP contribution in [0.4, 0.5) is 0 Å². The molecule has 4 N–H and O–H groups in total. The van der Waals surface area contributed by atoms with Crippen LogP contribution in [0.1, 0.15) is 20.3 Å². The molecule has 2 unspecified atom stereocenters. The van der Waals surface area contributed by atoms with Crippen LogP contribution in [0.15, 0.2) is 0 Å². The average molecular weight is 174 g/mol. The highest BCUT2D eigenvalue weighted by molar-refractivity contribution is 5.79. The second-order valence-electron chi connectivity index (χ2n) is 2.93. The zero-order valence-electron chi connectivity index (χ0n) is 7.71. The molecular formula is C8H18N2O2. The monoisotopic (exact) mass is 174 g/mol. The minimum absolute atomic E-state index is 0.0350. The van der Waals surface area contributed by atoms with Crippen molar-refractivity contribution in [2.24, 2.45) is 11.7 Å². The molecule has 0 fully saturated rings. The van der Waals surface area contributed by atoms with Crippen molar-refractivity contribution in [3.05, 3.63) is 0 Å². The summed E-state index contributed by atoms with van der Waals surface area (Å²) in [5.74, 6) is -0.194. The van der Waals surface area contributed by atoms with Crippen molar-refractivity contribution in [2.45, 2.75) is 26.3 Å². The SMILES string of the molecule is CCC(CN)C(=O)NC(C)CO. The van der Waals surface area contributed by atoms with Gasteiger partial charge in [-0.3, -0.25) is 4.79 Å². The first-order chi connectivity index (χ1) is 5.65. The summed E-state index contributed by atoms with van der Waals surface area (Å²) in [6, 6.07) is -0.182. The number of aliphatic hydroxyl groups is 1. The summed E-state index contributed by atoms with van der Waals surface area (Å²) in [5, 5.41) is 11.3. The van der Waals surface area contributed by atoms with Crippen molar-refractivity contribution in [3.8, 4) is 0 Å². The zero-order valence-corrected chi connectivity index (χ0v) is 7.71. The first-order valence-electron chi connectivity index (χ1n) is 4.27. The van der Waals surface area contributed by atoms with Crippen LogP contribution >= 0.6 is 0 Å². The topological polar surface area (TPSA) is 75.4 Å². The van der Waals surface area contributed by atoms with Crippen LogP contribution in [0, 0.1) is 5.92 Å². The molecule has 0 aliphatic carbocycles. The lowest BCUT2D eigenvalue weighted by Crippen LogP contribution is -2.41. The third kappa shape index (κ3) is 3.69. The maximum atomic E-state index is 11.3. The van der Waals surface area contributed by atoms with Gasteiger partial charge in [0.15, 0.2) is 0 Å². The van der Waals surface area contributed by atoms with E-state index in [1.54, 1.807) is 6.92 Å². The minimum atomic E-state index is -0.182. The molecule has 0 bridgehead atoms. The van der Waals surface area contributed by atoms with E-state index in [9.17, 15) is 4.79 Å². The van der Waals surface area contributed by atoms with Crippen LogP contribution in [-0.4, -0.2) is 30.2 Å². The number of carbonyl (C=O) groups excluding carboxylic acids is 1. The molecule has 4 nitrogen and oxygen atoms in total. The Hall–Kier alpha value is -0.610. The lowest BCUT2D eigenvalue weighted by atomic mass is 10.1. The highest BCUT2D eigenvalue weighted by Gasteiger charge is 2.15. The van der Waals surface area contributed by atoms with Gasteiger partial charge in [0.1, 0.15) is 0 Å². The summed E-state index contributed by atoms with van der Waals surface area (Å²) in [7, 11) is 0. The van der Waals surface area contributed by atoms with Crippen molar-refractivity contribution >= 4 is 5.91 Å². The van der Waals surface area contributed by atoms with E-state index in [0.717, 1.165) is 6.42 Å². The second-order valence-corrected chi connectivity index (χ2v) is 2.93. The Labute approximate surface area is 73.1 Å². The summed E-state index contributed by atoms with van der Waals surface area (Å²) in [6.45, 7) is 4.00. The Morgan fingerprint density at radius 2 is 2.25 bits per heavy atom. The molecule has 72 valence electrons. The largest absolute Gasteiger partial charge is 0.394 e. The maximum absolute atomic E-state index is 11.3. The quantitative estimate of drug-likeness (QED) is 0.524. The summed E-state index contributed by atoms with van der Waals surface area (Å²) in [5.41, 5.74) is 5.38. The lowest BCUT2D eigenvalue weighted by molar-refractivity contribution is -0.125. The Morgan fingerprint density at radius 3 is 2.58 bits per heavy atom. The first kappa shape index (κ1) is 11.4. The van der Waals surface area contributed by atoms with E-state index in [1.165, 1.54) is 0 Å². The minimum Gasteiger partial charge on any atom is -0.394 e. The standard InChI is InChI=1S/C8H18N2O2/c1-3-7(4-9)8(12)10-6(2)5-11/h6-7,11H,3-5,9H2,1-2H3,(H,10,12). The summed E-state index contributed by atoms with van der Waals surface area (Å²) < 4.78 is 0. The van der Waals surface area contributed by atoms with E-state index >= 15 is 0 Å². The number of aliphatic hydroxyl groups excluding tert-OH is 1. The predicted octanol–water partition coefficient (Wildman–Crippen LogP) is -0.532. The van der Waals surface area contributed by atoms with Gasteiger partial charge in [0, 0.05) is 18.5 Å². The van der Waals surface area contributed by atoms with Crippen molar-refractivity contribution in [1.29, 1.82) is 0 Å². The molecule has 0 aromatic rings. The Balaban J connectivity index is 3.84. The molecule has 0 radical (unpaired) electrons. The summed E-state index contributed by atoms with van der Waals surface area (Å²) in [6.07, 6.45) is 0.737. The molecule has 0 saturated heterocycles. The molecular weight excluding hydrogens is 156 g/mol. The van der Waals surface area contributed by atoms with Crippen LogP contribution in [-0.2, 0) is 4.79 Å². The highest BCUT2D eigenvalue weighted by atomic mass is 16.3. The molecule has 4 heteroatoms. The third-order valence-corrected chi connectivity index (χ3v) is 1.81. The van der Waals surface area contributed by atoms with E-state index in [1.807, 2.05) is 6.92 Å². The predicted molar refractivity (Wildman–Crippen MR) is 47.5 cm³/mol. The fourth-order valence-corrected chi connectivity index (χ4v) is 0.865. The van der Waals surface area contributed by atoms with Crippen LogP contribution in [0.5, 0.6) is 0 Å². The number of nitrogens with two attached hydrogens (primary N) is 1. The molecule has 1 amide bonds. The molecule has 0 aliphatic rings. The van der Waals surface area contributed by atoms with Gasteiger partial charge in [0.25, 0.3) is 0 Å². The number of hydrogen-bond acceptors (Lipinski definition) is 3. The van der Waals surface area contributed by atoms with E-state index in [4.69, 9.17) is 10.8 Å². The first-order valence-corrected chi connectivity index (χ1v) is 4.27. The molecule has 12 heavy (non-hydrogen) atoms. The zero-order chi connectivity index (χ0) is 9.56. The summed E-state index contributed by atoms with van der Waals surface area (Å²) in [4.78, 5) is 11.3. The van der Waals surface area contributed by atoms with Crippen LogP contribution in [0.25, 0.3) is 0 Å². The van der Waals surface area contributed by atoms with Gasteiger partial charge in [-0.05, 0) is 13.3 Å².